The van der Waals surface area contributed by atoms with E-state index < -0.39 is 0 Å². The van der Waals surface area contributed by atoms with Crippen LogP contribution in [0.4, 0.5) is 0 Å². The third-order valence-electron chi connectivity index (χ3n) is 2.14. The molecule has 3 nitrogen and oxygen atoms in total. The van der Waals surface area contributed by atoms with Crippen molar-refractivity contribution in [3.8, 4) is 5.88 Å². The van der Waals surface area contributed by atoms with Crippen molar-refractivity contribution in [2.45, 2.75) is 25.8 Å². The number of aromatic nitrogens is 2. The summed E-state index contributed by atoms with van der Waals surface area (Å²) in [5, 5.41) is 4.29. The summed E-state index contributed by atoms with van der Waals surface area (Å²) < 4.78 is 7.25. The molecule has 2 rings (SSSR count). The molecule has 1 aromatic rings. The average molecular weight is 254 g/mol. The van der Waals surface area contributed by atoms with E-state index in [2.05, 4.69) is 12.0 Å². The maximum absolute atomic E-state index is 5.22. The van der Waals surface area contributed by atoms with Gasteiger partial charge in [0.15, 0.2) is 0 Å². The van der Waals surface area contributed by atoms with Crippen LogP contribution in [0.15, 0.2) is 6.07 Å². The number of fused-ring (bicyclic) bond motifs is 1. The van der Waals surface area contributed by atoms with E-state index in [1.54, 1.807) is 0 Å². The molecule has 13 heavy (non-hydrogen) atoms. The third-order valence-corrected chi connectivity index (χ3v) is 2.14. The molecule has 0 bridgehead atoms. The Kier molecular flexibility index (Phi) is 4.40. The summed E-state index contributed by atoms with van der Waals surface area (Å²) in [5.74, 6) is 0.724. The van der Waals surface area contributed by atoms with E-state index in [-0.39, 0.29) is 32.7 Å². The van der Waals surface area contributed by atoms with Crippen LogP contribution in [0.25, 0.3) is 0 Å². The maximum Gasteiger partial charge on any atom is 0.230 e. The molecule has 1 aliphatic heterocycles. The fraction of sp³-hybridized carbons (Fsp3) is 0.556. The van der Waals surface area contributed by atoms with E-state index in [9.17, 15) is 0 Å². The minimum Gasteiger partial charge on any atom is -0.510 e. The van der Waals surface area contributed by atoms with E-state index in [0.717, 1.165) is 18.8 Å². The Hall–Kier alpha value is 0.114. The van der Waals surface area contributed by atoms with E-state index in [0.29, 0.717) is 6.61 Å². The van der Waals surface area contributed by atoms with E-state index in [4.69, 9.17) is 4.74 Å². The maximum atomic E-state index is 5.22. The first kappa shape index (κ1) is 11.2. The second kappa shape index (κ2) is 5.11. The van der Waals surface area contributed by atoms with Gasteiger partial charge in [0.1, 0.15) is 0 Å². The standard InChI is InChI=1S/C9H13N2O.Y/c1-2-12-9-7-8-5-3-4-6-11(8)10-9;/h7H,1-6H2;/q-1;. The monoisotopic (exact) mass is 254 g/mol. The summed E-state index contributed by atoms with van der Waals surface area (Å²) in [6.45, 7) is 5.11. The number of rotatable bonds is 2. The van der Waals surface area contributed by atoms with Gasteiger partial charge in [-0.3, -0.25) is 4.68 Å². The summed E-state index contributed by atoms with van der Waals surface area (Å²) in [6, 6.07) is 2.02. The molecule has 0 aliphatic carbocycles. The van der Waals surface area contributed by atoms with Gasteiger partial charge in [0, 0.05) is 51.0 Å². The Morgan fingerprint density at radius 3 is 3.08 bits per heavy atom. The molecule has 0 aromatic carbocycles. The largest absolute Gasteiger partial charge is 0.510 e. The molecule has 69 valence electrons. The Morgan fingerprint density at radius 2 is 2.38 bits per heavy atom. The molecular weight excluding hydrogens is 241 g/mol. The Morgan fingerprint density at radius 1 is 1.54 bits per heavy atom. The van der Waals surface area contributed by atoms with E-state index in [1.165, 1.54) is 18.5 Å². The summed E-state index contributed by atoms with van der Waals surface area (Å²) >= 11 is 0. The van der Waals surface area contributed by atoms with Crippen molar-refractivity contribution < 1.29 is 37.4 Å². The van der Waals surface area contributed by atoms with Crippen LogP contribution in [-0.4, -0.2) is 16.4 Å². The van der Waals surface area contributed by atoms with Crippen molar-refractivity contribution in [1.29, 1.82) is 0 Å². The van der Waals surface area contributed by atoms with Crippen LogP contribution in [0.3, 0.4) is 0 Å². The van der Waals surface area contributed by atoms with Crippen molar-refractivity contribution in [3.63, 3.8) is 0 Å². The third kappa shape index (κ3) is 2.53. The number of ether oxygens (including phenoxy) is 1. The van der Waals surface area contributed by atoms with Gasteiger partial charge in [-0.2, -0.15) is 0 Å². The Bertz CT molecular complexity index is 249. The molecule has 0 amide bonds. The molecule has 0 N–H and O–H groups in total. The van der Waals surface area contributed by atoms with Gasteiger partial charge in [-0.15, -0.1) is 5.10 Å². The first-order chi connectivity index (χ1) is 5.90. The smallest absolute Gasteiger partial charge is 0.230 e. The van der Waals surface area contributed by atoms with Crippen molar-refractivity contribution in [2.75, 3.05) is 6.61 Å². The first-order valence-corrected chi connectivity index (χ1v) is 4.39. The first-order valence-electron chi connectivity index (χ1n) is 4.39. The summed E-state index contributed by atoms with van der Waals surface area (Å²) in [7, 11) is 0. The average Bonchev–Trinajstić information content (AvgIpc) is 2.47. The fourth-order valence-corrected chi connectivity index (χ4v) is 1.57. The predicted octanol–water partition coefficient (Wildman–Crippen LogP) is 1.43. The van der Waals surface area contributed by atoms with E-state index in [1.807, 2.05) is 10.7 Å². The molecule has 0 saturated heterocycles. The normalized spacial score (nSPS) is 14.5. The van der Waals surface area contributed by atoms with Gasteiger partial charge in [0.2, 0.25) is 5.88 Å². The second-order valence-electron chi connectivity index (χ2n) is 3.00. The molecule has 1 aliphatic rings. The molecule has 0 spiro atoms. The molecule has 0 saturated carbocycles. The molecule has 4 heteroatoms. The summed E-state index contributed by atoms with van der Waals surface area (Å²) in [4.78, 5) is 0. The SMILES string of the molecule is [CH2-]COc1cc2n(n1)CCCC2.[Y]. The van der Waals surface area contributed by atoms with Crippen LogP contribution >= 0.6 is 0 Å². The molecule has 0 fully saturated rings. The molecule has 0 unspecified atom stereocenters. The van der Waals surface area contributed by atoms with Crippen molar-refractivity contribution in [1.82, 2.24) is 9.78 Å². The van der Waals surface area contributed by atoms with Gasteiger partial charge >= 0.3 is 0 Å². The van der Waals surface area contributed by atoms with Gasteiger partial charge in [0.25, 0.3) is 0 Å². The minimum atomic E-state index is 0. The fourth-order valence-electron chi connectivity index (χ4n) is 1.57. The van der Waals surface area contributed by atoms with Crippen LogP contribution < -0.4 is 4.74 Å². The predicted molar refractivity (Wildman–Crippen MR) is 46.0 cm³/mol. The molecule has 1 aromatic heterocycles. The van der Waals surface area contributed by atoms with Crippen LogP contribution in [0, 0.1) is 6.92 Å². The Labute approximate surface area is 104 Å². The zero-order chi connectivity index (χ0) is 8.39. The Balaban J connectivity index is 0.000000845. The number of hydrogen-bond donors (Lipinski definition) is 0. The molecule has 2 heterocycles. The summed E-state index contributed by atoms with van der Waals surface area (Å²) in [5.41, 5.74) is 1.30. The van der Waals surface area contributed by atoms with Crippen LogP contribution in [0.5, 0.6) is 5.88 Å². The molecule has 1 radical (unpaired) electrons. The summed E-state index contributed by atoms with van der Waals surface area (Å²) in [6.07, 6.45) is 3.64. The second-order valence-corrected chi connectivity index (χ2v) is 3.00. The number of hydrogen-bond acceptors (Lipinski definition) is 2. The van der Waals surface area contributed by atoms with Crippen LogP contribution in [0.1, 0.15) is 18.5 Å². The van der Waals surface area contributed by atoms with Crippen LogP contribution in [0.2, 0.25) is 0 Å². The quantitative estimate of drug-likeness (QED) is 0.746. The van der Waals surface area contributed by atoms with Crippen molar-refractivity contribution in [2.24, 2.45) is 0 Å². The topological polar surface area (TPSA) is 27.1 Å². The molecular formula is C9H13N2OY-. The van der Waals surface area contributed by atoms with Gasteiger partial charge in [-0.1, -0.05) is 0 Å². The van der Waals surface area contributed by atoms with Gasteiger partial charge < -0.3 is 11.7 Å². The van der Waals surface area contributed by atoms with Crippen molar-refractivity contribution in [3.05, 3.63) is 18.7 Å². The zero-order valence-corrected chi connectivity index (χ0v) is 10.5. The van der Waals surface area contributed by atoms with Gasteiger partial charge in [0.05, 0.1) is 0 Å². The zero-order valence-electron chi connectivity index (χ0n) is 7.70. The molecule has 0 atom stereocenters. The van der Waals surface area contributed by atoms with Gasteiger partial charge in [-0.05, 0) is 25.9 Å². The number of nitrogens with zero attached hydrogens (tertiary/aromatic N) is 2. The minimum absolute atomic E-state index is 0. The number of aryl methyl sites for hydroxylation is 2. The van der Waals surface area contributed by atoms with Crippen LogP contribution in [-0.2, 0) is 45.7 Å². The van der Waals surface area contributed by atoms with Gasteiger partial charge in [-0.25, -0.2) is 0 Å². The van der Waals surface area contributed by atoms with Crippen molar-refractivity contribution >= 4 is 0 Å². The van der Waals surface area contributed by atoms with E-state index >= 15 is 0 Å².